The first kappa shape index (κ1) is 12.0. The highest BCUT2D eigenvalue weighted by Crippen LogP contribution is 2.00. The number of nitrogens with zero attached hydrogens (tertiary/aromatic N) is 1. The molecule has 1 rings (SSSR count). The number of thioether (sulfide) groups is 1. The van der Waals surface area contributed by atoms with Gasteiger partial charge in [-0.05, 0) is 18.4 Å². The fourth-order valence-corrected chi connectivity index (χ4v) is 1.39. The van der Waals surface area contributed by atoms with Crippen molar-refractivity contribution in [3.8, 4) is 0 Å². The van der Waals surface area contributed by atoms with Gasteiger partial charge in [-0.15, -0.1) is 0 Å². The summed E-state index contributed by atoms with van der Waals surface area (Å²) >= 11 is 1.78. The zero-order valence-electron chi connectivity index (χ0n) is 8.56. The summed E-state index contributed by atoms with van der Waals surface area (Å²) in [5.41, 5.74) is 1.09. The van der Waals surface area contributed by atoms with Gasteiger partial charge in [0, 0.05) is 25.0 Å². The monoisotopic (exact) mass is 226 g/mol. The Kier molecular flexibility index (Phi) is 5.14. The van der Waals surface area contributed by atoms with Crippen LogP contribution in [0.25, 0.3) is 0 Å². The second-order valence-electron chi connectivity index (χ2n) is 3.01. The molecule has 5 heteroatoms. The molecular weight excluding hydrogens is 212 g/mol. The zero-order valence-corrected chi connectivity index (χ0v) is 9.38. The molecule has 0 saturated heterocycles. The molecule has 1 heterocycles. The number of hydrogen-bond acceptors (Lipinski definition) is 4. The average molecular weight is 226 g/mol. The van der Waals surface area contributed by atoms with E-state index in [1.807, 2.05) is 0 Å². The molecule has 0 aliphatic heterocycles. The lowest BCUT2D eigenvalue weighted by Crippen LogP contribution is -2.17. The molecule has 0 atom stereocenters. The van der Waals surface area contributed by atoms with Gasteiger partial charge in [0.15, 0.2) is 0 Å². The first-order chi connectivity index (χ1) is 7.24. The summed E-state index contributed by atoms with van der Waals surface area (Å²) in [4.78, 5) is 14.6. The van der Waals surface area contributed by atoms with Crippen molar-refractivity contribution in [3.63, 3.8) is 0 Å². The van der Waals surface area contributed by atoms with E-state index in [9.17, 15) is 4.79 Å². The van der Waals surface area contributed by atoms with E-state index >= 15 is 0 Å². The van der Waals surface area contributed by atoms with Crippen LogP contribution >= 0.6 is 11.8 Å². The van der Waals surface area contributed by atoms with Gasteiger partial charge in [-0.3, -0.25) is 4.98 Å². The van der Waals surface area contributed by atoms with E-state index < -0.39 is 5.97 Å². The van der Waals surface area contributed by atoms with Crippen LogP contribution in [0.3, 0.4) is 0 Å². The van der Waals surface area contributed by atoms with Crippen LogP contribution in [0.15, 0.2) is 18.3 Å². The molecule has 0 amide bonds. The number of pyridine rings is 1. The molecule has 0 aromatic carbocycles. The number of carboxylic acid groups (broad SMARTS) is 1. The van der Waals surface area contributed by atoms with E-state index in [-0.39, 0.29) is 5.56 Å². The number of nitrogens with one attached hydrogen (secondary N) is 1. The molecule has 0 radical (unpaired) electrons. The quantitative estimate of drug-likeness (QED) is 0.714. The minimum atomic E-state index is -0.940. The fourth-order valence-electron chi connectivity index (χ4n) is 1.05. The van der Waals surface area contributed by atoms with E-state index in [1.54, 1.807) is 23.9 Å². The van der Waals surface area contributed by atoms with Crippen molar-refractivity contribution in [2.75, 3.05) is 18.6 Å². The number of carboxylic acids is 1. The largest absolute Gasteiger partial charge is 0.478 e. The summed E-state index contributed by atoms with van der Waals surface area (Å²) in [6, 6.07) is 3.30. The molecule has 0 aliphatic carbocycles. The van der Waals surface area contributed by atoms with E-state index in [0.29, 0.717) is 6.54 Å². The Bertz CT molecular complexity index is 314. The maximum Gasteiger partial charge on any atom is 0.337 e. The lowest BCUT2D eigenvalue weighted by molar-refractivity contribution is 0.0696. The third kappa shape index (κ3) is 4.31. The Morgan fingerprint density at radius 1 is 1.60 bits per heavy atom. The summed E-state index contributed by atoms with van der Waals surface area (Å²) < 4.78 is 0. The van der Waals surface area contributed by atoms with Gasteiger partial charge in [-0.2, -0.15) is 11.8 Å². The predicted molar refractivity (Wildman–Crippen MR) is 61.3 cm³/mol. The fraction of sp³-hybridized carbons (Fsp3) is 0.400. The van der Waals surface area contributed by atoms with Crippen LogP contribution in [0.4, 0.5) is 0 Å². The first-order valence-corrected chi connectivity index (χ1v) is 6.01. The van der Waals surface area contributed by atoms with Crippen LogP contribution < -0.4 is 5.32 Å². The number of aromatic carboxylic acids is 1. The Morgan fingerprint density at radius 2 is 2.40 bits per heavy atom. The molecule has 4 nitrogen and oxygen atoms in total. The lowest BCUT2D eigenvalue weighted by Gasteiger charge is -2.03. The molecule has 2 N–H and O–H groups in total. The molecular formula is C10H14N2O2S. The molecule has 0 bridgehead atoms. The SMILES string of the molecule is CSCCNCc1ccc(C(=O)O)cn1. The number of hydrogen-bond donors (Lipinski definition) is 2. The Morgan fingerprint density at radius 3 is 2.93 bits per heavy atom. The van der Waals surface area contributed by atoms with E-state index in [1.165, 1.54) is 6.20 Å². The van der Waals surface area contributed by atoms with Gasteiger partial charge in [-0.1, -0.05) is 0 Å². The van der Waals surface area contributed by atoms with Gasteiger partial charge in [0.25, 0.3) is 0 Å². The Hall–Kier alpha value is -1.07. The highest BCUT2D eigenvalue weighted by molar-refractivity contribution is 7.98. The van der Waals surface area contributed by atoms with Crippen LogP contribution in [0.5, 0.6) is 0 Å². The first-order valence-electron chi connectivity index (χ1n) is 4.62. The van der Waals surface area contributed by atoms with Crippen LogP contribution in [0.1, 0.15) is 16.1 Å². The van der Waals surface area contributed by atoms with E-state index in [2.05, 4.69) is 16.6 Å². The topological polar surface area (TPSA) is 62.2 Å². The summed E-state index contributed by atoms with van der Waals surface area (Å²) in [7, 11) is 0. The minimum absolute atomic E-state index is 0.225. The van der Waals surface area contributed by atoms with Gasteiger partial charge in [-0.25, -0.2) is 4.79 Å². The molecule has 0 aliphatic rings. The summed E-state index contributed by atoms with van der Waals surface area (Å²) in [5.74, 6) is 0.122. The van der Waals surface area contributed by atoms with Crippen molar-refractivity contribution in [1.82, 2.24) is 10.3 Å². The van der Waals surface area contributed by atoms with Crippen LogP contribution in [0.2, 0.25) is 0 Å². The number of rotatable bonds is 6. The summed E-state index contributed by atoms with van der Waals surface area (Å²) in [5, 5.41) is 11.9. The van der Waals surface area contributed by atoms with E-state index in [0.717, 1.165) is 18.0 Å². The van der Waals surface area contributed by atoms with Gasteiger partial charge >= 0.3 is 5.97 Å². The average Bonchev–Trinajstić information content (AvgIpc) is 2.25. The second kappa shape index (κ2) is 6.42. The van der Waals surface area contributed by atoms with Crippen molar-refractivity contribution < 1.29 is 9.90 Å². The van der Waals surface area contributed by atoms with Crippen LogP contribution in [0, 0.1) is 0 Å². The molecule has 0 unspecified atom stereocenters. The standard InChI is InChI=1S/C10H14N2O2S/c1-15-5-4-11-7-9-3-2-8(6-12-9)10(13)14/h2-3,6,11H,4-5,7H2,1H3,(H,13,14). The van der Waals surface area contributed by atoms with Crippen molar-refractivity contribution in [2.24, 2.45) is 0 Å². The zero-order chi connectivity index (χ0) is 11.1. The van der Waals surface area contributed by atoms with Crippen LogP contribution in [-0.2, 0) is 6.54 Å². The smallest absolute Gasteiger partial charge is 0.337 e. The van der Waals surface area contributed by atoms with Gasteiger partial charge in [0.1, 0.15) is 0 Å². The third-order valence-corrected chi connectivity index (χ3v) is 2.47. The van der Waals surface area contributed by atoms with Gasteiger partial charge in [0.2, 0.25) is 0 Å². The molecule has 82 valence electrons. The molecule has 0 spiro atoms. The van der Waals surface area contributed by atoms with Crippen LogP contribution in [-0.4, -0.2) is 34.6 Å². The van der Waals surface area contributed by atoms with Crippen molar-refractivity contribution in [2.45, 2.75) is 6.54 Å². The number of carbonyl (C=O) groups is 1. The predicted octanol–water partition coefficient (Wildman–Crippen LogP) is 1.23. The molecule has 0 saturated carbocycles. The number of aromatic nitrogens is 1. The summed E-state index contributed by atoms with van der Waals surface area (Å²) in [6.45, 7) is 1.62. The molecule has 0 fully saturated rings. The van der Waals surface area contributed by atoms with E-state index in [4.69, 9.17) is 5.11 Å². The highest BCUT2D eigenvalue weighted by Gasteiger charge is 2.02. The highest BCUT2D eigenvalue weighted by atomic mass is 32.2. The summed E-state index contributed by atoms with van der Waals surface area (Å²) in [6.07, 6.45) is 3.44. The van der Waals surface area contributed by atoms with Gasteiger partial charge < -0.3 is 10.4 Å². The van der Waals surface area contributed by atoms with Gasteiger partial charge in [0.05, 0.1) is 11.3 Å². The minimum Gasteiger partial charge on any atom is -0.478 e. The normalized spacial score (nSPS) is 10.2. The molecule has 1 aromatic rings. The maximum atomic E-state index is 10.6. The van der Waals surface area contributed by atoms with Crippen molar-refractivity contribution >= 4 is 17.7 Å². The Labute approximate surface area is 93.1 Å². The Balaban J connectivity index is 2.39. The molecule has 15 heavy (non-hydrogen) atoms. The van der Waals surface area contributed by atoms with Crippen molar-refractivity contribution in [3.05, 3.63) is 29.6 Å². The second-order valence-corrected chi connectivity index (χ2v) is 4.00. The molecule has 1 aromatic heterocycles. The third-order valence-electron chi connectivity index (χ3n) is 1.86. The van der Waals surface area contributed by atoms with Crippen molar-refractivity contribution in [1.29, 1.82) is 0 Å². The lowest BCUT2D eigenvalue weighted by atomic mass is 10.2. The maximum absolute atomic E-state index is 10.6.